The zero-order valence-corrected chi connectivity index (χ0v) is 17.3. The lowest BCUT2D eigenvalue weighted by Gasteiger charge is -2.43. The maximum Gasteiger partial charge on any atom is 0.0722 e. The van der Waals surface area contributed by atoms with Gasteiger partial charge in [-0.25, -0.2) is 0 Å². The van der Waals surface area contributed by atoms with Crippen molar-refractivity contribution in [2.45, 2.75) is 83.3 Å². The van der Waals surface area contributed by atoms with Crippen molar-refractivity contribution in [3.63, 3.8) is 0 Å². The van der Waals surface area contributed by atoms with E-state index in [1.54, 1.807) is 0 Å². The van der Waals surface area contributed by atoms with E-state index in [0.717, 1.165) is 16.6 Å². The lowest BCUT2D eigenvalue weighted by atomic mass is 10.5. The van der Waals surface area contributed by atoms with E-state index in [4.69, 9.17) is 0 Å². The van der Waals surface area contributed by atoms with Gasteiger partial charge in [0.15, 0.2) is 0 Å². The molecule has 0 bridgehead atoms. The SMILES string of the molecule is C=C[Si](C)(C)CCNCC[Si](C(C)C)(C(C)C)C(C)C. The molecule has 0 radical (unpaired) electrons. The molecule has 0 aliphatic heterocycles. The lowest BCUT2D eigenvalue weighted by molar-refractivity contribution is 0.714. The van der Waals surface area contributed by atoms with Gasteiger partial charge in [-0.15, -0.1) is 12.3 Å². The topological polar surface area (TPSA) is 12.0 Å². The van der Waals surface area contributed by atoms with Crippen LogP contribution in [0.1, 0.15) is 41.5 Å². The predicted octanol–water partition coefficient (Wildman–Crippen LogP) is 5.69. The first-order chi connectivity index (χ1) is 9.10. The van der Waals surface area contributed by atoms with E-state index >= 15 is 0 Å². The van der Waals surface area contributed by atoms with Gasteiger partial charge >= 0.3 is 0 Å². The lowest BCUT2D eigenvalue weighted by Crippen LogP contribution is -2.46. The van der Waals surface area contributed by atoms with Crippen LogP contribution in [0.2, 0.25) is 41.8 Å². The summed E-state index contributed by atoms with van der Waals surface area (Å²) < 4.78 is 0. The van der Waals surface area contributed by atoms with E-state index < -0.39 is 16.1 Å². The van der Waals surface area contributed by atoms with Gasteiger partial charge in [-0.3, -0.25) is 0 Å². The fraction of sp³-hybridized carbons (Fsp3) is 0.882. The Morgan fingerprint density at radius 3 is 1.60 bits per heavy atom. The minimum Gasteiger partial charge on any atom is -0.317 e. The Kier molecular flexibility index (Phi) is 8.60. The maximum atomic E-state index is 3.98. The van der Waals surface area contributed by atoms with E-state index in [-0.39, 0.29) is 0 Å². The van der Waals surface area contributed by atoms with Gasteiger partial charge in [0.1, 0.15) is 0 Å². The van der Waals surface area contributed by atoms with Crippen molar-refractivity contribution < 1.29 is 0 Å². The van der Waals surface area contributed by atoms with Crippen LogP contribution in [0.4, 0.5) is 0 Å². The molecule has 0 aromatic heterocycles. The number of rotatable bonds is 10. The van der Waals surface area contributed by atoms with Gasteiger partial charge in [0.05, 0.1) is 16.1 Å². The average Bonchev–Trinajstić information content (AvgIpc) is 2.32. The van der Waals surface area contributed by atoms with Crippen molar-refractivity contribution in [3.05, 3.63) is 12.3 Å². The first-order valence-electron chi connectivity index (χ1n) is 8.44. The van der Waals surface area contributed by atoms with Crippen LogP contribution in [-0.4, -0.2) is 29.2 Å². The van der Waals surface area contributed by atoms with Crippen molar-refractivity contribution in [2.75, 3.05) is 13.1 Å². The molecule has 0 aliphatic carbocycles. The van der Waals surface area contributed by atoms with E-state index in [9.17, 15) is 0 Å². The summed E-state index contributed by atoms with van der Waals surface area (Å²) in [6, 6.07) is 2.74. The number of nitrogens with one attached hydrogen (secondary N) is 1. The van der Waals surface area contributed by atoms with Crippen LogP contribution >= 0.6 is 0 Å². The molecule has 0 unspecified atom stereocenters. The highest BCUT2D eigenvalue weighted by Gasteiger charge is 2.41. The largest absolute Gasteiger partial charge is 0.317 e. The molecule has 1 N–H and O–H groups in total. The Bertz CT molecular complexity index is 261. The highest BCUT2D eigenvalue weighted by atomic mass is 28.3. The van der Waals surface area contributed by atoms with Gasteiger partial charge in [0.25, 0.3) is 0 Å². The van der Waals surface area contributed by atoms with Crippen LogP contribution < -0.4 is 5.32 Å². The molecule has 0 aromatic carbocycles. The molecule has 3 heteroatoms. The molecule has 1 nitrogen and oxygen atoms in total. The molecule has 0 atom stereocenters. The second kappa shape index (κ2) is 8.55. The molecule has 0 rings (SSSR count). The molecule has 0 saturated carbocycles. The third-order valence-electron chi connectivity index (χ3n) is 5.46. The van der Waals surface area contributed by atoms with Crippen LogP contribution in [0.5, 0.6) is 0 Å². The van der Waals surface area contributed by atoms with E-state index in [0.29, 0.717) is 0 Å². The Labute approximate surface area is 130 Å². The first kappa shape index (κ1) is 20.1. The monoisotopic (exact) mass is 313 g/mol. The van der Waals surface area contributed by atoms with Crippen molar-refractivity contribution >= 4 is 16.1 Å². The maximum absolute atomic E-state index is 3.98. The molecular formula is C17H39NSi2. The molecule has 0 fully saturated rings. The van der Waals surface area contributed by atoms with E-state index in [2.05, 4.69) is 72.2 Å². The second-order valence-corrected chi connectivity index (χ2v) is 19.1. The smallest absolute Gasteiger partial charge is 0.0722 e. The van der Waals surface area contributed by atoms with Crippen LogP contribution in [0.15, 0.2) is 12.3 Å². The van der Waals surface area contributed by atoms with Crippen molar-refractivity contribution in [2.24, 2.45) is 0 Å². The standard InChI is InChI=1S/C17H39NSi2/c1-10-19(8,9)13-11-18-12-14-20(15(2)3,16(4)5)17(6)7/h10,15-18H,1,11-14H2,2-9H3. The van der Waals surface area contributed by atoms with E-state index in [1.807, 2.05) is 0 Å². The number of hydrogen-bond donors (Lipinski definition) is 1. The summed E-state index contributed by atoms with van der Waals surface area (Å²) in [4.78, 5) is 0. The molecular weight excluding hydrogens is 274 g/mol. The zero-order valence-electron chi connectivity index (χ0n) is 15.3. The van der Waals surface area contributed by atoms with Crippen LogP contribution in [0.3, 0.4) is 0 Å². The Morgan fingerprint density at radius 1 is 0.850 bits per heavy atom. The van der Waals surface area contributed by atoms with Gasteiger partial charge in [-0.05, 0) is 25.2 Å². The molecule has 0 aliphatic rings. The Morgan fingerprint density at radius 2 is 1.25 bits per heavy atom. The summed E-state index contributed by atoms with van der Waals surface area (Å²) in [5.41, 5.74) is 4.85. The third-order valence-corrected chi connectivity index (χ3v) is 15.7. The Balaban J connectivity index is 4.40. The van der Waals surface area contributed by atoms with Gasteiger partial charge < -0.3 is 5.32 Å². The number of hydrogen-bond acceptors (Lipinski definition) is 1. The third kappa shape index (κ3) is 5.49. The molecule has 0 amide bonds. The van der Waals surface area contributed by atoms with Crippen LogP contribution in [0, 0.1) is 0 Å². The molecule has 0 spiro atoms. The summed E-state index contributed by atoms with van der Waals surface area (Å²) >= 11 is 0. The quantitative estimate of drug-likeness (QED) is 0.403. The highest BCUT2D eigenvalue weighted by Crippen LogP contribution is 2.44. The van der Waals surface area contributed by atoms with Gasteiger partial charge in [0, 0.05) is 0 Å². The highest BCUT2D eigenvalue weighted by molar-refractivity contribution is 6.83. The molecule has 0 heterocycles. The zero-order chi connectivity index (χ0) is 16.0. The summed E-state index contributed by atoms with van der Waals surface area (Å²) in [6.07, 6.45) is 0. The van der Waals surface area contributed by atoms with Gasteiger partial charge in [0.2, 0.25) is 0 Å². The minimum absolute atomic E-state index is 0.878. The molecule has 0 saturated heterocycles. The van der Waals surface area contributed by atoms with Crippen molar-refractivity contribution in [1.82, 2.24) is 5.32 Å². The first-order valence-corrected chi connectivity index (χ1v) is 14.2. The normalized spacial score (nSPS) is 13.6. The minimum atomic E-state index is -1.20. The van der Waals surface area contributed by atoms with Gasteiger partial charge in [-0.2, -0.15) is 0 Å². The summed E-state index contributed by atoms with van der Waals surface area (Å²) in [7, 11) is -2.33. The van der Waals surface area contributed by atoms with Crippen molar-refractivity contribution in [3.8, 4) is 0 Å². The average molecular weight is 314 g/mol. The van der Waals surface area contributed by atoms with Crippen LogP contribution in [-0.2, 0) is 0 Å². The fourth-order valence-corrected chi connectivity index (χ4v) is 11.2. The second-order valence-electron chi connectivity index (χ2n) is 8.02. The van der Waals surface area contributed by atoms with Gasteiger partial charge in [-0.1, -0.05) is 71.3 Å². The van der Waals surface area contributed by atoms with Crippen molar-refractivity contribution in [1.29, 1.82) is 0 Å². The summed E-state index contributed by atoms with van der Waals surface area (Å²) in [5.74, 6) is 0. The summed E-state index contributed by atoms with van der Waals surface area (Å²) in [6.45, 7) is 25.9. The fourth-order valence-electron chi connectivity index (χ4n) is 3.81. The molecule has 120 valence electrons. The molecule has 0 aromatic rings. The van der Waals surface area contributed by atoms with E-state index in [1.165, 1.54) is 25.2 Å². The van der Waals surface area contributed by atoms with Crippen LogP contribution in [0.25, 0.3) is 0 Å². The molecule has 20 heavy (non-hydrogen) atoms. The Hall–Kier alpha value is 0.134. The summed E-state index contributed by atoms with van der Waals surface area (Å²) in [5, 5.41) is 3.72. The predicted molar refractivity (Wildman–Crippen MR) is 101 cm³/mol.